The van der Waals surface area contributed by atoms with E-state index in [0.29, 0.717) is 0 Å². The Morgan fingerprint density at radius 1 is 1.06 bits per heavy atom. The van der Waals surface area contributed by atoms with Gasteiger partial charge in [-0.25, -0.2) is 9.97 Å². The van der Waals surface area contributed by atoms with E-state index in [-0.39, 0.29) is 0 Å². The van der Waals surface area contributed by atoms with Gasteiger partial charge in [-0.3, -0.25) is 0 Å². The minimum atomic E-state index is 0.736. The van der Waals surface area contributed by atoms with Gasteiger partial charge in [0, 0.05) is 27.9 Å². The maximum absolute atomic E-state index is 4.35. The highest BCUT2D eigenvalue weighted by molar-refractivity contribution is 7.17. The van der Waals surface area contributed by atoms with Crippen LogP contribution < -0.4 is 5.32 Å². The maximum atomic E-state index is 4.35. The second kappa shape index (κ2) is 4.19. The summed E-state index contributed by atoms with van der Waals surface area (Å²) in [6.07, 6.45) is 3.66. The van der Waals surface area contributed by atoms with Crippen LogP contribution in [0.1, 0.15) is 5.01 Å². The van der Waals surface area contributed by atoms with Crippen LogP contribution in [0.3, 0.4) is 0 Å². The van der Waals surface area contributed by atoms with Gasteiger partial charge in [0.05, 0.1) is 6.54 Å². The lowest BCUT2D eigenvalue weighted by molar-refractivity contribution is 1.09. The van der Waals surface area contributed by atoms with Gasteiger partial charge in [-0.15, -0.1) is 22.7 Å². The fourth-order valence-corrected chi connectivity index (χ4v) is 2.87. The summed E-state index contributed by atoms with van der Waals surface area (Å²) in [5, 5.41) is 9.65. The first-order chi connectivity index (χ1) is 7.93. The highest BCUT2D eigenvalue weighted by Gasteiger charge is 2.03. The molecule has 0 spiro atoms. The van der Waals surface area contributed by atoms with Gasteiger partial charge in [-0.2, -0.15) is 0 Å². The van der Waals surface area contributed by atoms with Gasteiger partial charge in [-0.1, -0.05) is 0 Å². The molecule has 80 valence electrons. The van der Waals surface area contributed by atoms with E-state index in [9.17, 15) is 0 Å². The Morgan fingerprint density at radius 2 is 2.06 bits per heavy atom. The third-order valence-electron chi connectivity index (χ3n) is 2.27. The molecule has 0 aliphatic heterocycles. The van der Waals surface area contributed by atoms with Gasteiger partial charge in [0.2, 0.25) is 0 Å². The van der Waals surface area contributed by atoms with E-state index in [1.807, 2.05) is 23.8 Å². The van der Waals surface area contributed by atoms with Crippen LogP contribution in [-0.2, 0) is 6.54 Å². The molecule has 3 heterocycles. The molecule has 0 unspecified atom stereocenters. The van der Waals surface area contributed by atoms with Crippen molar-refractivity contribution in [1.29, 1.82) is 0 Å². The number of anilines is 1. The third-order valence-corrected chi connectivity index (χ3v) is 3.93. The van der Waals surface area contributed by atoms with Gasteiger partial charge >= 0.3 is 0 Å². The summed E-state index contributed by atoms with van der Waals surface area (Å²) in [5.41, 5.74) is 0. The predicted molar refractivity (Wildman–Crippen MR) is 69.1 cm³/mol. The molecule has 3 aromatic rings. The monoisotopic (exact) mass is 247 g/mol. The van der Waals surface area contributed by atoms with Crippen LogP contribution in [0, 0.1) is 0 Å². The normalized spacial score (nSPS) is 10.8. The van der Waals surface area contributed by atoms with Crippen LogP contribution in [0.5, 0.6) is 0 Å². The number of fused-ring (bicyclic) bond motifs is 1. The number of pyridine rings is 1. The van der Waals surface area contributed by atoms with Gasteiger partial charge in [0.1, 0.15) is 10.8 Å². The first-order valence-corrected chi connectivity index (χ1v) is 6.64. The fraction of sp³-hybridized carbons (Fsp3) is 0.0909. The molecule has 16 heavy (non-hydrogen) atoms. The lowest BCUT2D eigenvalue weighted by Crippen LogP contribution is -2.00. The average Bonchev–Trinajstić information content (AvgIpc) is 2.97. The molecule has 0 aliphatic rings. The zero-order chi connectivity index (χ0) is 10.8. The van der Waals surface area contributed by atoms with Crippen molar-refractivity contribution in [3.8, 4) is 0 Å². The standard InChI is InChI=1S/C11H9N3S2/c1-3-13-11(8-2-5-15-9(1)8)14-7-10-12-4-6-16-10/h1-6H,7H2,(H,13,14). The Morgan fingerprint density at radius 3 is 2.94 bits per heavy atom. The molecule has 5 heteroatoms. The summed E-state index contributed by atoms with van der Waals surface area (Å²) >= 11 is 3.38. The van der Waals surface area contributed by atoms with E-state index >= 15 is 0 Å². The van der Waals surface area contributed by atoms with Crippen molar-refractivity contribution in [1.82, 2.24) is 9.97 Å². The second-order valence-electron chi connectivity index (χ2n) is 3.27. The smallest absolute Gasteiger partial charge is 0.135 e. The van der Waals surface area contributed by atoms with Gasteiger partial charge < -0.3 is 5.32 Å². The Balaban J connectivity index is 1.86. The van der Waals surface area contributed by atoms with Crippen molar-refractivity contribution in [2.24, 2.45) is 0 Å². The van der Waals surface area contributed by atoms with Crippen LogP contribution in [0.2, 0.25) is 0 Å². The summed E-state index contributed by atoms with van der Waals surface area (Å²) in [7, 11) is 0. The van der Waals surface area contributed by atoms with Crippen LogP contribution in [-0.4, -0.2) is 9.97 Å². The van der Waals surface area contributed by atoms with E-state index in [2.05, 4.69) is 26.7 Å². The zero-order valence-corrected chi connectivity index (χ0v) is 10.0. The number of thiophene rings is 1. The Kier molecular flexibility index (Phi) is 2.55. The molecule has 0 radical (unpaired) electrons. The SMILES string of the molecule is c1csc(CNc2nccc3sccc23)n1. The number of nitrogens with zero attached hydrogens (tertiary/aromatic N) is 2. The number of aromatic nitrogens is 2. The van der Waals surface area contributed by atoms with Crippen molar-refractivity contribution >= 4 is 38.6 Å². The molecular weight excluding hydrogens is 238 g/mol. The Hall–Kier alpha value is -1.46. The van der Waals surface area contributed by atoms with Crippen LogP contribution in [0.4, 0.5) is 5.82 Å². The largest absolute Gasteiger partial charge is 0.363 e. The number of hydrogen-bond acceptors (Lipinski definition) is 5. The molecule has 0 saturated heterocycles. The quantitative estimate of drug-likeness (QED) is 0.771. The fourth-order valence-electron chi connectivity index (χ4n) is 1.54. The first kappa shape index (κ1) is 9.74. The van der Waals surface area contributed by atoms with E-state index in [1.165, 1.54) is 10.1 Å². The topological polar surface area (TPSA) is 37.8 Å². The summed E-state index contributed by atoms with van der Waals surface area (Å²) < 4.78 is 1.26. The van der Waals surface area contributed by atoms with Crippen LogP contribution in [0.25, 0.3) is 10.1 Å². The molecule has 0 atom stereocenters. The molecule has 0 aromatic carbocycles. The van der Waals surface area contributed by atoms with Gasteiger partial charge in [0.15, 0.2) is 0 Å². The number of hydrogen-bond donors (Lipinski definition) is 1. The molecule has 3 aromatic heterocycles. The van der Waals surface area contributed by atoms with Gasteiger partial charge in [-0.05, 0) is 17.5 Å². The van der Waals surface area contributed by atoms with E-state index in [1.54, 1.807) is 22.7 Å². The third kappa shape index (κ3) is 1.79. The second-order valence-corrected chi connectivity index (χ2v) is 5.20. The number of rotatable bonds is 3. The van der Waals surface area contributed by atoms with Crippen molar-refractivity contribution in [3.63, 3.8) is 0 Å². The molecule has 3 nitrogen and oxygen atoms in total. The Bertz CT molecular complexity index is 586. The van der Waals surface area contributed by atoms with E-state index in [0.717, 1.165) is 17.4 Å². The molecule has 0 fully saturated rings. The van der Waals surface area contributed by atoms with Crippen molar-refractivity contribution in [3.05, 3.63) is 40.3 Å². The van der Waals surface area contributed by atoms with Gasteiger partial charge in [0.25, 0.3) is 0 Å². The lowest BCUT2D eigenvalue weighted by Gasteiger charge is -2.04. The predicted octanol–water partition coefficient (Wildman–Crippen LogP) is 3.36. The highest BCUT2D eigenvalue weighted by Crippen LogP contribution is 2.26. The summed E-state index contributed by atoms with van der Waals surface area (Å²) in [6.45, 7) is 0.736. The Labute approximate surface area is 101 Å². The van der Waals surface area contributed by atoms with E-state index in [4.69, 9.17) is 0 Å². The molecular formula is C11H9N3S2. The summed E-state index contributed by atoms with van der Waals surface area (Å²) in [4.78, 5) is 8.58. The van der Waals surface area contributed by atoms with Crippen molar-refractivity contribution in [2.45, 2.75) is 6.54 Å². The van der Waals surface area contributed by atoms with Crippen molar-refractivity contribution in [2.75, 3.05) is 5.32 Å². The van der Waals surface area contributed by atoms with E-state index < -0.39 is 0 Å². The minimum Gasteiger partial charge on any atom is -0.363 e. The number of nitrogens with one attached hydrogen (secondary N) is 1. The minimum absolute atomic E-state index is 0.736. The zero-order valence-electron chi connectivity index (χ0n) is 8.38. The molecule has 0 aliphatic carbocycles. The van der Waals surface area contributed by atoms with Crippen LogP contribution in [0.15, 0.2) is 35.3 Å². The van der Waals surface area contributed by atoms with Crippen LogP contribution >= 0.6 is 22.7 Å². The molecule has 0 amide bonds. The summed E-state index contributed by atoms with van der Waals surface area (Å²) in [5.74, 6) is 0.939. The lowest BCUT2D eigenvalue weighted by atomic mass is 10.3. The maximum Gasteiger partial charge on any atom is 0.135 e. The molecule has 1 N–H and O–H groups in total. The molecule has 3 rings (SSSR count). The molecule has 0 saturated carbocycles. The highest BCUT2D eigenvalue weighted by atomic mass is 32.1. The average molecular weight is 247 g/mol. The summed E-state index contributed by atoms with van der Waals surface area (Å²) in [6, 6.07) is 4.13. The van der Waals surface area contributed by atoms with Crippen molar-refractivity contribution < 1.29 is 0 Å². The number of thiazole rings is 1. The first-order valence-electron chi connectivity index (χ1n) is 4.88. The molecule has 0 bridgehead atoms.